The lowest BCUT2D eigenvalue weighted by molar-refractivity contribution is 0.356. The highest BCUT2D eigenvalue weighted by Gasteiger charge is 2.15. The lowest BCUT2D eigenvalue weighted by Crippen LogP contribution is -2.10. The summed E-state index contributed by atoms with van der Waals surface area (Å²) in [5.41, 5.74) is 4.85. The van der Waals surface area contributed by atoms with E-state index < -0.39 is 0 Å². The van der Waals surface area contributed by atoms with Crippen molar-refractivity contribution in [2.75, 3.05) is 19.5 Å². The number of anilines is 1. The maximum absolute atomic E-state index is 5.48. The van der Waals surface area contributed by atoms with Gasteiger partial charge in [0.1, 0.15) is 11.6 Å². The Kier molecular flexibility index (Phi) is 5.38. The zero-order valence-electron chi connectivity index (χ0n) is 17.5. The fourth-order valence-corrected chi connectivity index (χ4v) is 3.91. The van der Waals surface area contributed by atoms with Gasteiger partial charge in [0.15, 0.2) is 11.5 Å². The van der Waals surface area contributed by atoms with Crippen molar-refractivity contribution in [3.8, 4) is 11.5 Å². The molecule has 0 bridgehead atoms. The van der Waals surface area contributed by atoms with E-state index in [1.165, 1.54) is 36.0 Å². The minimum Gasteiger partial charge on any atom is -0.493 e. The summed E-state index contributed by atoms with van der Waals surface area (Å²) in [6.07, 6.45) is 5.97. The van der Waals surface area contributed by atoms with E-state index in [1.807, 2.05) is 19.1 Å². The van der Waals surface area contributed by atoms with E-state index in [9.17, 15) is 0 Å². The summed E-state index contributed by atoms with van der Waals surface area (Å²) in [4.78, 5) is 9.24. The third-order valence-electron chi connectivity index (χ3n) is 5.46. The number of nitrogens with zero attached hydrogens (tertiary/aromatic N) is 2. The van der Waals surface area contributed by atoms with Crippen LogP contribution in [0.3, 0.4) is 0 Å². The van der Waals surface area contributed by atoms with Crippen LogP contribution in [0.5, 0.6) is 11.5 Å². The lowest BCUT2D eigenvalue weighted by Gasteiger charge is -2.18. The molecule has 1 heterocycles. The zero-order valence-corrected chi connectivity index (χ0v) is 17.5. The van der Waals surface area contributed by atoms with E-state index >= 15 is 0 Å². The van der Waals surface area contributed by atoms with Crippen molar-refractivity contribution in [2.45, 2.75) is 39.2 Å². The number of hydrogen-bond acceptors (Lipinski definition) is 5. The number of ether oxygens (including phenoxy) is 2. The molecule has 0 amide bonds. The Bertz CT molecular complexity index is 1080. The number of aromatic nitrogens is 2. The number of nitrogens with one attached hydrogen (secondary N) is 1. The van der Waals surface area contributed by atoms with Gasteiger partial charge in [-0.3, -0.25) is 0 Å². The number of hydrogen-bond donors (Lipinski definition) is 1. The largest absolute Gasteiger partial charge is 0.493 e. The smallest absolute Gasteiger partial charge is 0.162 e. The van der Waals surface area contributed by atoms with Crippen molar-refractivity contribution in [2.24, 2.45) is 0 Å². The third kappa shape index (κ3) is 3.90. The second kappa shape index (κ2) is 8.11. The van der Waals surface area contributed by atoms with Gasteiger partial charge >= 0.3 is 0 Å². The summed E-state index contributed by atoms with van der Waals surface area (Å²) < 4.78 is 10.9. The zero-order chi connectivity index (χ0) is 20.4. The van der Waals surface area contributed by atoms with Crippen LogP contribution in [0.4, 0.5) is 5.82 Å². The Morgan fingerprint density at radius 1 is 1.03 bits per heavy atom. The standard InChI is InChI=1S/C24H27N3O2/c1-15(18-10-7-11-19(12-18)17-8-5-6-9-17)25-24-20-13-22(28-3)23(29-4)14-21(20)26-16(2)27-24/h7-8,10-15H,5-6,9H2,1-4H3,(H,25,26,27). The van der Waals surface area contributed by atoms with E-state index in [1.54, 1.807) is 14.2 Å². The minimum atomic E-state index is 0.0996. The molecule has 1 atom stereocenters. The van der Waals surface area contributed by atoms with Crippen LogP contribution in [0, 0.1) is 6.92 Å². The summed E-state index contributed by atoms with van der Waals surface area (Å²) in [5.74, 6) is 2.84. The molecule has 0 aliphatic heterocycles. The highest BCUT2D eigenvalue weighted by atomic mass is 16.5. The van der Waals surface area contributed by atoms with E-state index in [-0.39, 0.29) is 6.04 Å². The molecule has 1 aromatic heterocycles. The SMILES string of the molecule is COc1cc2nc(C)nc(NC(C)c3cccc(C4=CCCC4)c3)c2cc1OC. The van der Waals surface area contributed by atoms with Crippen molar-refractivity contribution in [3.63, 3.8) is 0 Å². The number of benzene rings is 2. The van der Waals surface area contributed by atoms with Crippen LogP contribution in [-0.4, -0.2) is 24.2 Å². The summed E-state index contributed by atoms with van der Waals surface area (Å²) in [6.45, 7) is 4.06. The Morgan fingerprint density at radius 3 is 2.55 bits per heavy atom. The molecule has 5 heteroatoms. The second-order valence-corrected chi connectivity index (χ2v) is 7.46. The van der Waals surface area contributed by atoms with Crippen molar-refractivity contribution in [1.82, 2.24) is 9.97 Å². The van der Waals surface area contributed by atoms with Crippen molar-refractivity contribution in [3.05, 3.63) is 59.4 Å². The average Bonchev–Trinajstić information content (AvgIpc) is 3.27. The molecule has 0 radical (unpaired) electrons. The maximum Gasteiger partial charge on any atom is 0.162 e. The van der Waals surface area contributed by atoms with Crippen LogP contribution in [0.2, 0.25) is 0 Å². The molecule has 2 aromatic carbocycles. The molecule has 150 valence electrons. The maximum atomic E-state index is 5.48. The van der Waals surface area contributed by atoms with E-state index in [2.05, 4.69) is 52.5 Å². The molecule has 1 aliphatic carbocycles. The molecule has 1 unspecified atom stereocenters. The van der Waals surface area contributed by atoms with Gasteiger partial charge in [0.25, 0.3) is 0 Å². The Balaban J connectivity index is 1.69. The first-order valence-electron chi connectivity index (χ1n) is 10.1. The first-order valence-corrected chi connectivity index (χ1v) is 10.1. The number of fused-ring (bicyclic) bond motifs is 1. The number of allylic oxidation sites excluding steroid dienone is 2. The fourth-order valence-electron chi connectivity index (χ4n) is 3.91. The topological polar surface area (TPSA) is 56.3 Å². The van der Waals surface area contributed by atoms with Gasteiger partial charge in [-0.25, -0.2) is 9.97 Å². The van der Waals surface area contributed by atoms with Crippen molar-refractivity contribution >= 4 is 22.3 Å². The molecule has 1 N–H and O–H groups in total. The fraction of sp³-hybridized carbons (Fsp3) is 0.333. The van der Waals surface area contributed by atoms with Crippen LogP contribution in [-0.2, 0) is 0 Å². The molecule has 0 saturated carbocycles. The molecule has 0 saturated heterocycles. The summed E-state index contributed by atoms with van der Waals surface area (Å²) in [5, 5.41) is 4.49. The molecular formula is C24H27N3O2. The predicted molar refractivity (Wildman–Crippen MR) is 118 cm³/mol. The number of methoxy groups -OCH3 is 2. The quantitative estimate of drug-likeness (QED) is 0.586. The van der Waals surface area contributed by atoms with E-state index in [0.717, 1.165) is 16.7 Å². The number of aryl methyl sites for hydroxylation is 1. The van der Waals surface area contributed by atoms with Gasteiger partial charge in [0, 0.05) is 17.5 Å². The van der Waals surface area contributed by atoms with E-state index in [0.29, 0.717) is 17.3 Å². The van der Waals surface area contributed by atoms with Crippen LogP contribution in [0.25, 0.3) is 16.5 Å². The third-order valence-corrected chi connectivity index (χ3v) is 5.46. The molecule has 1 aliphatic rings. The van der Waals surface area contributed by atoms with Gasteiger partial charge in [-0.1, -0.05) is 24.3 Å². The van der Waals surface area contributed by atoms with Gasteiger partial charge in [-0.2, -0.15) is 0 Å². The van der Waals surface area contributed by atoms with Gasteiger partial charge in [-0.15, -0.1) is 0 Å². The molecule has 3 aromatic rings. The van der Waals surface area contributed by atoms with Crippen LogP contribution in [0.15, 0.2) is 42.5 Å². The molecule has 0 fully saturated rings. The summed E-state index contributed by atoms with van der Waals surface area (Å²) in [7, 11) is 3.27. The van der Waals surface area contributed by atoms with Crippen molar-refractivity contribution < 1.29 is 9.47 Å². The van der Waals surface area contributed by atoms with Gasteiger partial charge in [0.2, 0.25) is 0 Å². The van der Waals surface area contributed by atoms with Gasteiger partial charge < -0.3 is 14.8 Å². The van der Waals surface area contributed by atoms with Gasteiger partial charge in [-0.05, 0) is 61.9 Å². The summed E-state index contributed by atoms with van der Waals surface area (Å²) in [6, 6.07) is 12.7. The summed E-state index contributed by atoms with van der Waals surface area (Å²) >= 11 is 0. The average molecular weight is 389 g/mol. The lowest BCUT2D eigenvalue weighted by atomic mass is 9.99. The van der Waals surface area contributed by atoms with Crippen molar-refractivity contribution in [1.29, 1.82) is 0 Å². The minimum absolute atomic E-state index is 0.0996. The molecular weight excluding hydrogens is 362 g/mol. The Hall–Kier alpha value is -3.08. The van der Waals surface area contributed by atoms with Crippen LogP contribution < -0.4 is 14.8 Å². The van der Waals surface area contributed by atoms with Gasteiger partial charge in [0.05, 0.1) is 19.7 Å². The molecule has 0 spiro atoms. The normalized spacial score (nSPS) is 14.6. The molecule has 5 nitrogen and oxygen atoms in total. The first kappa shape index (κ1) is 19.2. The highest BCUT2D eigenvalue weighted by molar-refractivity contribution is 5.92. The Morgan fingerprint density at radius 2 is 1.83 bits per heavy atom. The first-order chi connectivity index (χ1) is 14.1. The number of rotatable bonds is 6. The highest BCUT2D eigenvalue weighted by Crippen LogP contribution is 2.35. The second-order valence-electron chi connectivity index (χ2n) is 7.46. The van der Waals surface area contributed by atoms with Crippen LogP contribution >= 0.6 is 0 Å². The van der Waals surface area contributed by atoms with E-state index in [4.69, 9.17) is 9.47 Å². The predicted octanol–water partition coefficient (Wildman–Crippen LogP) is 5.70. The monoisotopic (exact) mass is 389 g/mol. The molecule has 4 rings (SSSR count). The molecule has 29 heavy (non-hydrogen) atoms. The Labute approximate surface area is 171 Å². The van der Waals surface area contributed by atoms with Crippen LogP contribution in [0.1, 0.15) is 49.2 Å².